The lowest BCUT2D eigenvalue weighted by Gasteiger charge is -2.17. The largest absolute Gasteiger partial charge is 0.488 e. The molecule has 5 nitrogen and oxygen atoms in total. The molecule has 1 N–H and O–H groups in total. The molecule has 0 unspecified atom stereocenters. The van der Waals surface area contributed by atoms with Crippen LogP contribution in [0.25, 0.3) is 6.08 Å². The van der Waals surface area contributed by atoms with E-state index >= 15 is 0 Å². The van der Waals surface area contributed by atoms with Gasteiger partial charge in [0.15, 0.2) is 11.5 Å². The first-order chi connectivity index (χ1) is 10.8. The van der Waals surface area contributed by atoms with Crippen molar-refractivity contribution in [1.82, 2.24) is 0 Å². The molecule has 1 amide bonds. The van der Waals surface area contributed by atoms with Crippen molar-refractivity contribution < 1.29 is 19.0 Å². The summed E-state index contributed by atoms with van der Waals surface area (Å²) in [6.45, 7) is 0.468. The molecule has 2 aliphatic rings. The molecule has 5 heteroatoms. The van der Waals surface area contributed by atoms with E-state index in [-0.39, 0.29) is 19.3 Å². The van der Waals surface area contributed by atoms with Crippen LogP contribution in [0.3, 0.4) is 0 Å². The van der Waals surface area contributed by atoms with Crippen molar-refractivity contribution in [3.8, 4) is 17.2 Å². The van der Waals surface area contributed by atoms with E-state index in [0.29, 0.717) is 22.8 Å². The van der Waals surface area contributed by atoms with Gasteiger partial charge in [-0.15, -0.1) is 0 Å². The zero-order valence-electron chi connectivity index (χ0n) is 11.7. The summed E-state index contributed by atoms with van der Waals surface area (Å²) in [5, 5.41) is 2.85. The number of amides is 1. The molecule has 0 aliphatic carbocycles. The number of para-hydroxylation sites is 1. The van der Waals surface area contributed by atoms with E-state index in [1.54, 1.807) is 18.2 Å². The molecule has 0 fully saturated rings. The van der Waals surface area contributed by atoms with Crippen molar-refractivity contribution in [2.45, 2.75) is 0 Å². The maximum atomic E-state index is 12.3. The van der Waals surface area contributed by atoms with Crippen LogP contribution in [0, 0.1) is 0 Å². The maximum absolute atomic E-state index is 12.3. The molecule has 2 aromatic carbocycles. The second-order valence-corrected chi connectivity index (χ2v) is 5.02. The van der Waals surface area contributed by atoms with Crippen molar-refractivity contribution in [3.05, 3.63) is 53.6 Å². The summed E-state index contributed by atoms with van der Waals surface area (Å²) in [5.41, 5.74) is 2.15. The van der Waals surface area contributed by atoms with Crippen LogP contribution in [0.4, 0.5) is 5.69 Å². The number of anilines is 1. The average molecular weight is 295 g/mol. The van der Waals surface area contributed by atoms with Gasteiger partial charge in [-0.2, -0.15) is 0 Å². The molecule has 0 saturated carbocycles. The monoisotopic (exact) mass is 295 g/mol. The van der Waals surface area contributed by atoms with Crippen molar-refractivity contribution in [1.29, 1.82) is 0 Å². The number of hydrogen-bond acceptors (Lipinski definition) is 4. The van der Waals surface area contributed by atoms with Crippen LogP contribution in [0.1, 0.15) is 5.56 Å². The first-order valence-corrected chi connectivity index (χ1v) is 6.93. The summed E-state index contributed by atoms with van der Waals surface area (Å²) in [5.74, 6) is 1.93. The number of carbonyl (C=O) groups is 1. The minimum atomic E-state index is -0.187. The summed E-state index contributed by atoms with van der Waals surface area (Å²) in [6, 6.07) is 12.9. The van der Waals surface area contributed by atoms with Gasteiger partial charge in [0.25, 0.3) is 5.91 Å². The second kappa shape index (κ2) is 5.11. The Bertz CT molecular complexity index is 782. The van der Waals surface area contributed by atoms with E-state index in [2.05, 4.69) is 5.32 Å². The molecule has 0 spiro atoms. The third-order valence-electron chi connectivity index (χ3n) is 3.55. The number of ether oxygens (including phenoxy) is 3. The Labute approximate surface area is 127 Å². The van der Waals surface area contributed by atoms with Gasteiger partial charge in [-0.25, -0.2) is 0 Å². The molecule has 0 saturated heterocycles. The van der Waals surface area contributed by atoms with Gasteiger partial charge in [-0.3, -0.25) is 4.79 Å². The molecule has 0 radical (unpaired) electrons. The van der Waals surface area contributed by atoms with Crippen LogP contribution < -0.4 is 19.5 Å². The predicted octanol–water partition coefficient (Wildman–Crippen LogP) is 2.83. The molecule has 0 atom stereocenters. The Morgan fingerprint density at radius 3 is 2.77 bits per heavy atom. The SMILES string of the molecule is O=C(Nc1ccc2c(c1)OCO2)C1=Cc2ccccc2OC1. The van der Waals surface area contributed by atoms with Crippen LogP contribution in [-0.4, -0.2) is 19.3 Å². The Kier molecular flexibility index (Phi) is 2.96. The van der Waals surface area contributed by atoms with Crippen LogP contribution in [0.5, 0.6) is 17.2 Å². The Balaban J connectivity index is 1.55. The highest BCUT2D eigenvalue weighted by molar-refractivity contribution is 6.07. The van der Waals surface area contributed by atoms with Crippen LogP contribution >= 0.6 is 0 Å². The second-order valence-electron chi connectivity index (χ2n) is 5.02. The standard InChI is InChI=1S/C17H13NO4/c19-17(12-7-11-3-1-2-4-14(11)20-9-12)18-13-5-6-15-16(8-13)22-10-21-15/h1-8H,9-10H2,(H,18,19). The Hall–Kier alpha value is -2.95. The summed E-state index contributed by atoms with van der Waals surface area (Å²) < 4.78 is 16.1. The van der Waals surface area contributed by atoms with E-state index in [1.165, 1.54) is 0 Å². The summed E-state index contributed by atoms with van der Waals surface area (Å²) in [6.07, 6.45) is 1.85. The summed E-state index contributed by atoms with van der Waals surface area (Å²) >= 11 is 0. The van der Waals surface area contributed by atoms with E-state index in [9.17, 15) is 4.79 Å². The number of nitrogens with one attached hydrogen (secondary N) is 1. The molecule has 4 rings (SSSR count). The highest BCUT2D eigenvalue weighted by Crippen LogP contribution is 2.34. The van der Waals surface area contributed by atoms with E-state index in [0.717, 1.165) is 11.3 Å². The zero-order chi connectivity index (χ0) is 14.9. The first-order valence-electron chi connectivity index (χ1n) is 6.93. The van der Waals surface area contributed by atoms with Gasteiger partial charge < -0.3 is 19.5 Å². The number of rotatable bonds is 2. The van der Waals surface area contributed by atoms with E-state index in [4.69, 9.17) is 14.2 Å². The van der Waals surface area contributed by atoms with Gasteiger partial charge in [-0.05, 0) is 24.3 Å². The van der Waals surface area contributed by atoms with Crippen LogP contribution in [0.2, 0.25) is 0 Å². The predicted molar refractivity (Wildman–Crippen MR) is 81.1 cm³/mol. The number of benzene rings is 2. The first kappa shape index (κ1) is 12.8. The van der Waals surface area contributed by atoms with Crippen molar-refractivity contribution in [3.63, 3.8) is 0 Å². The number of carbonyl (C=O) groups excluding carboxylic acids is 1. The quantitative estimate of drug-likeness (QED) is 0.925. The third kappa shape index (κ3) is 2.26. The molecule has 2 aromatic rings. The highest BCUT2D eigenvalue weighted by Gasteiger charge is 2.18. The van der Waals surface area contributed by atoms with Gasteiger partial charge in [-0.1, -0.05) is 18.2 Å². The van der Waals surface area contributed by atoms with Crippen LogP contribution in [-0.2, 0) is 4.79 Å². The van der Waals surface area contributed by atoms with Gasteiger partial charge in [0.2, 0.25) is 6.79 Å². The lowest BCUT2D eigenvalue weighted by atomic mass is 10.1. The van der Waals surface area contributed by atoms with Crippen molar-refractivity contribution >= 4 is 17.7 Å². The van der Waals surface area contributed by atoms with Crippen LogP contribution in [0.15, 0.2) is 48.0 Å². The lowest BCUT2D eigenvalue weighted by Crippen LogP contribution is -2.21. The van der Waals surface area contributed by atoms with E-state index in [1.807, 2.05) is 30.3 Å². The Morgan fingerprint density at radius 1 is 0.955 bits per heavy atom. The Morgan fingerprint density at radius 2 is 1.82 bits per heavy atom. The highest BCUT2D eigenvalue weighted by atomic mass is 16.7. The van der Waals surface area contributed by atoms with Gasteiger partial charge in [0.1, 0.15) is 12.4 Å². The lowest BCUT2D eigenvalue weighted by molar-refractivity contribution is -0.113. The number of hydrogen-bond donors (Lipinski definition) is 1. The fourth-order valence-corrected chi connectivity index (χ4v) is 2.43. The fourth-order valence-electron chi connectivity index (χ4n) is 2.43. The molecule has 0 bridgehead atoms. The third-order valence-corrected chi connectivity index (χ3v) is 3.55. The van der Waals surface area contributed by atoms with Crippen molar-refractivity contribution in [2.75, 3.05) is 18.7 Å². The van der Waals surface area contributed by atoms with E-state index < -0.39 is 0 Å². The normalized spacial score (nSPS) is 14.6. The average Bonchev–Trinajstić information content (AvgIpc) is 3.02. The molecule has 2 heterocycles. The molecule has 22 heavy (non-hydrogen) atoms. The molecule has 110 valence electrons. The van der Waals surface area contributed by atoms with Gasteiger partial charge in [0, 0.05) is 17.3 Å². The minimum Gasteiger partial charge on any atom is -0.488 e. The summed E-state index contributed by atoms with van der Waals surface area (Å²) in [7, 11) is 0. The fraction of sp³-hybridized carbons (Fsp3) is 0.118. The topological polar surface area (TPSA) is 56.8 Å². The van der Waals surface area contributed by atoms with Gasteiger partial charge in [0.05, 0.1) is 5.57 Å². The summed E-state index contributed by atoms with van der Waals surface area (Å²) in [4.78, 5) is 12.3. The smallest absolute Gasteiger partial charge is 0.255 e. The molecular formula is C17H13NO4. The molecular weight excluding hydrogens is 282 g/mol. The van der Waals surface area contributed by atoms with Gasteiger partial charge >= 0.3 is 0 Å². The van der Waals surface area contributed by atoms with Crippen molar-refractivity contribution in [2.24, 2.45) is 0 Å². The maximum Gasteiger partial charge on any atom is 0.255 e. The molecule has 2 aliphatic heterocycles. The number of fused-ring (bicyclic) bond motifs is 2. The minimum absolute atomic E-state index is 0.187. The zero-order valence-corrected chi connectivity index (χ0v) is 11.7. The molecule has 0 aromatic heterocycles.